The third-order valence-corrected chi connectivity index (χ3v) is 7.46. The first-order valence-corrected chi connectivity index (χ1v) is 12.3. The molecular weight excluding hydrogens is 456 g/mol. The van der Waals surface area contributed by atoms with Crippen LogP contribution in [0, 0.1) is 6.92 Å². The second-order valence-electron chi connectivity index (χ2n) is 8.34. The van der Waals surface area contributed by atoms with Crippen LogP contribution in [0.1, 0.15) is 49.0 Å². The average molecular weight is 481 g/mol. The van der Waals surface area contributed by atoms with E-state index in [1.54, 1.807) is 29.5 Å². The first-order valence-electron chi connectivity index (χ1n) is 11.1. The Morgan fingerprint density at radius 1 is 1.24 bits per heavy atom. The molecule has 1 N–H and O–H groups in total. The van der Waals surface area contributed by atoms with Crippen molar-refractivity contribution in [1.82, 2.24) is 14.3 Å². The Balaban J connectivity index is 1.56. The van der Waals surface area contributed by atoms with Crippen molar-refractivity contribution in [3.63, 3.8) is 0 Å². The number of hydrogen-bond donors (Lipinski definition) is 1. The van der Waals surface area contributed by atoms with E-state index in [1.807, 2.05) is 25.1 Å². The van der Waals surface area contributed by atoms with Gasteiger partial charge in [-0.1, -0.05) is 49.3 Å². The molecule has 5 rings (SSSR count). The van der Waals surface area contributed by atoms with Crippen LogP contribution < -0.4 is 10.9 Å². The van der Waals surface area contributed by atoms with Gasteiger partial charge in [-0.25, -0.2) is 4.98 Å². The number of thioether (sulfide) groups is 1. The molecule has 0 bridgehead atoms. The van der Waals surface area contributed by atoms with Crippen molar-refractivity contribution in [2.24, 2.45) is 0 Å². The van der Waals surface area contributed by atoms with Gasteiger partial charge in [-0.3, -0.25) is 18.9 Å². The van der Waals surface area contributed by atoms with Gasteiger partial charge in [-0.05, 0) is 49.6 Å². The molecule has 2 aliphatic rings. The maximum absolute atomic E-state index is 13.5. The van der Waals surface area contributed by atoms with Crippen molar-refractivity contribution in [2.45, 2.75) is 51.6 Å². The topological polar surface area (TPSA) is 79.9 Å². The zero-order valence-corrected chi connectivity index (χ0v) is 19.9. The molecule has 170 valence electrons. The quantitative estimate of drug-likeness (QED) is 0.417. The van der Waals surface area contributed by atoms with Crippen molar-refractivity contribution in [3.05, 3.63) is 68.9 Å². The Morgan fingerprint density at radius 2 is 2.06 bits per heavy atom. The van der Waals surface area contributed by atoms with Gasteiger partial charge in [0.25, 0.3) is 11.5 Å². The van der Waals surface area contributed by atoms with Crippen LogP contribution in [0.25, 0.3) is 11.7 Å². The Labute approximate surface area is 200 Å². The van der Waals surface area contributed by atoms with Gasteiger partial charge in [0, 0.05) is 12.2 Å². The summed E-state index contributed by atoms with van der Waals surface area (Å²) in [6.45, 7) is 2.28. The fourth-order valence-corrected chi connectivity index (χ4v) is 5.81. The van der Waals surface area contributed by atoms with E-state index in [9.17, 15) is 9.59 Å². The molecule has 1 saturated heterocycles. The molecule has 1 saturated carbocycles. The monoisotopic (exact) mass is 480 g/mol. The lowest BCUT2D eigenvalue weighted by Crippen LogP contribution is -2.39. The second-order valence-corrected chi connectivity index (χ2v) is 10.0. The Morgan fingerprint density at radius 3 is 2.82 bits per heavy atom. The maximum Gasteiger partial charge on any atom is 0.267 e. The number of thiocarbonyl (C=S) groups is 1. The minimum atomic E-state index is -0.242. The number of furan rings is 1. The van der Waals surface area contributed by atoms with Gasteiger partial charge in [0.15, 0.2) is 0 Å². The normalized spacial score (nSPS) is 18.6. The highest BCUT2D eigenvalue weighted by Gasteiger charge is 2.37. The smallest absolute Gasteiger partial charge is 0.267 e. The molecule has 1 aliphatic carbocycles. The van der Waals surface area contributed by atoms with Gasteiger partial charge in [-0.15, -0.1) is 0 Å². The van der Waals surface area contributed by atoms with Gasteiger partial charge in [-0.2, -0.15) is 0 Å². The third kappa shape index (κ3) is 4.22. The van der Waals surface area contributed by atoms with E-state index in [1.165, 1.54) is 22.6 Å². The number of aryl methyl sites for hydroxylation is 1. The number of carbonyl (C=O) groups excluding carboxylic acids is 1. The van der Waals surface area contributed by atoms with E-state index in [0.29, 0.717) is 32.8 Å². The molecule has 1 amide bonds. The van der Waals surface area contributed by atoms with E-state index in [-0.39, 0.29) is 17.5 Å². The van der Waals surface area contributed by atoms with Gasteiger partial charge in [0.2, 0.25) is 0 Å². The summed E-state index contributed by atoms with van der Waals surface area (Å²) in [7, 11) is 0. The predicted molar refractivity (Wildman–Crippen MR) is 134 cm³/mol. The summed E-state index contributed by atoms with van der Waals surface area (Å²) in [5.74, 6) is 1.01. The first-order chi connectivity index (χ1) is 16.0. The van der Waals surface area contributed by atoms with E-state index in [0.717, 1.165) is 37.0 Å². The van der Waals surface area contributed by atoms with Crippen LogP contribution in [-0.4, -0.2) is 30.6 Å². The lowest BCUT2D eigenvalue weighted by Gasteiger charge is -2.29. The fourth-order valence-electron chi connectivity index (χ4n) is 4.43. The summed E-state index contributed by atoms with van der Waals surface area (Å²) in [6, 6.07) is 7.52. The Hall–Kier alpha value is -2.91. The number of amides is 1. The summed E-state index contributed by atoms with van der Waals surface area (Å²) in [6.07, 6.45) is 10.3. The minimum Gasteiger partial charge on any atom is -0.467 e. The summed E-state index contributed by atoms with van der Waals surface area (Å²) >= 11 is 6.82. The van der Waals surface area contributed by atoms with Gasteiger partial charge < -0.3 is 9.73 Å². The number of pyridine rings is 1. The lowest BCUT2D eigenvalue weighted by atomic mass is 9.94. The van der Waals surface area contributed by atoms with Crippen LogP contribution in [-0.2, 0) is 11.3 Å². The third-order valence-electron chi connectivity index (χ3n) is 6.13. The molecule has 0 unspecified atom stereocenters. The largest absolute Gasteiger partial charge is 0.467 e. The Kier molecular flexibility index (Phi) is 6.07. The Bertz CT molecular complexity index is 1310. The molecule has 0 aromatic carbocycles. The van der Waals surface area contributed by atoms with Gasteiger partial charge >= 0.3 is 0 Å². The van der Waals surface area contributed by atoms with Crippen LogP contribution in [0.3, 0.4) is 0 Å². The average Bonchev–Trinajstić information content (AvgIpc) is 3.43. The van der Waals surface area contributed by atoms with Crippen molar-refractivity contribution >= 4 is 51.7 Å². The van der Waals surface area contributed by atoms with Crippen LogP contribution in [0.4, 0.5) is 5.82 Å². The highest BCUT2D eigenvalue weighted by atomic mass is 32.2. The van der Waals surface area contributed by atoms with E-state index in [4.69, 9.17) is 21.6 Å². The molecule has 1 aliphatic heterocycles. The molecule has 0 spiro atoms. The number of aromatic nitrogens is 2. The maximum atomic E-state index is 13.5. The molecule has 0 atom stereocenters. The molecule has 33 heavy (non-hydrogen) atoms. The van der Waals surface area contributed by atoms with Crippen molar-refractivity contribution in [2.75, 3.05) is 5.32 Å². The number of rotatable bonds is 5. The van der Waals surface area contributed by atoms with Crippen LogP contribution in [0.15, 0.2) is 50.8 Å². The van der Waals surface area contributed by atoms with E-state index in [2.05, 4.69) is 5.32 Å². The zero-order valence-electron chi connectivity index (χ0n) is 18.2. The molecular formula is C24H24N4O3S2. The second kappa shape index (κ2) is 9.15. The number of fused-ring (bicyclic) bond motifs is 1. The highest BCUT2D eigenvalue weighted by molar-refractivity contribution is 8.26. The fraction of sp³-hybridized carbons (Fsp3) is 0.333. The summed E-state index contributed by atoms with van der Waals surface area (Å²) < 4.78 is 7.49. The lowest BCUT2D eigenvalue weighted by molar-refractivity contribution is -0.124. The highest BCUT2D eigenvalue weighted by Crippen LogP contribution is 2.37. The van der Waals surface area contributed by atoms with Crippen molar-refractivity contribution in [1.29, 1.82) is 0 Å². The molecule has 9 heteroatoms. The molecule has 7 nitrogen and oxygen atoms in total. The molecule has 2 fully saturated rings. The summed E-state index contributed by atoms with van der Waals surface area (Å²) in [5.41, 5.74) is 1.53. The number of anilines is 1. The van der Waals surface area contributed by atoms with E-state index < -0.39 is 0 Å². The van der Waals surface area contributed by atoms with Gasteiger partial charge in [0.1, 0.15) is 21.5 Å². The zero-order chi connectivity index (χ0) is 22.9. The standard InChI is InChI=1S/C24H24N4O3S2/c1-15-7-5-11-27-21(15)26-20(25-14-17-10-6-12-31-17)18(22(27)29)13-19-23(30)28(24(32)33-19)16-8-3-2-4-9-16/h5-7,10-13,16,25H,2-4,8-9,14H2,1H3. The number of hydrogen-bond acceptors (Lipinski definition) is 7. The van der Waals surface area contributed by atoms with Crippen LogP contribution in [0.2, 0.25) is 0 Å². The number of nitrogens with one attached hydrogen (secondary N) is 1. The molecule has 4 heterocycles. The van der Waals surface area contributed by atoms with Crippen LogP contribution >= 0.6 is 24.0 Å². The van der Waals surface area contributed by atoms with E-state index >= 15 is 0 Å². The first kappa shape index (κ1) is 21.9. The van der Waals surface area contributed by atoms with Crippen LogP contribution in [0.5, 0.6) is 0 Å². The van der Waals surface area contributed by atoms with Gasteiger partial charge in [0.05, 0.1) is 23.3 Å². The minimum absolute atomic E-state index is 0.123. The molecule has 0 radical (unpaired) electrons. The predicted octanol–water partition coefficient (Wildman–Crippen LogP) is 4.74. The SMILES string of the molecule is Cc1cccn2c(=O)c(C=C3SC(=S)N(C4CCCCC4)C3=O)c(NCc3ccco3)nc12. The van der Waals surface area contributed by atoms with Crippen molar-refractivity contribution < 1.29 is 9.21 Å². The number of carbonyl (C=O) groups is 1. The molecule has 3 aromatic heterocycles. The summed E-state index contributed by atoms with van der Waals surface area (Å²) in [4.78, 5) is 33.7. The summed E-state index contributed by atoms with van der Waals surface area (Å²) in [5, 5.41) is 3.22. The molecule has 3 aromatic rings. The number of nitrogens with zero attached hydrogens (tertiary/aromatic N) is 3. The van der Waals surface area contributed by atoms with Crippen molar-refractivity contribution in [3.8, 4) is 0 Å².